The molecule has 3 aromatic rings. The van der Waals surface area contributed by atoms with Crippen molar-refractivity contribution in [2.45, 2.75) is 0 Å². The van der Waals surface area contributed by atoms with Crippen molar-refractivity contribution < 1.29 is 4.42 Å². The van der Waals surface area contributed by atoms with Crippen LogP contribution in [0.3, 0.4) is 0 Å². The molecule has 3 rings (SSSR count). The lowest BCUT2D eigenvalue weighted by atomic mass is 10.1. The number of nitriles is 1. The van der Waals surface area contributed by atoms with E-state index in [9.17, 15) is 4.79 Å². The number of benzene rings is 2. The van der Waals surface area contributed by atoms with Gasteiger partial charge in [0.1, 0.15) is 23.5 Å². The van der Waals surface area contributed by atoms with Crippen molar-refractivity contribution in [2.75, 3.05) is 5.32 Å². The first-order chi connectivity index (χ1) is 9.78. The molecular formula is C16H10N2O2. The Hall–Kier alpha value is -3.06. The summed E-state index contributed by atoms with van der Waals surface area (Å²) in [7, 11) is 0. The zero-order valence-corrected chi connectivity index (χ0v) is 10.5. The second kappa shape index (κ2) is 4.90. The molecule has 1 aromatic heterocycles. The Kier molecular flexibility index (Phi) is 2.94. The number of fused-ring (bicyclic) bond motifs is 1. The van der Waals surface area contributed by atoms with Gasteiger partial charge >= 0.3 is 0 Å². The summed E-state index contributed by atoms with van der Waals surface area (Å²) >= 11 is 0. The maximum Gasteiger partial charge on any atom is 0.210 e. The Balaban J connectivity index is 2.04. The average molecular weight is 262 g/mol. The molecule has 4 nitrogen and oxygen atoms in total. The van der Waals surface area contributed by atoms with Gasteiger partial charge in [0.25, 0.3) is 0 Å². The number of anilines is 2. The van der Waals surface area contributed by atoms with Crippen molar-refractivity contribution in [3.05, 3.63) is 70.6 Å². The summed E-state index contributed by atoms with van der Waals surface area (Å²) in [6, 6.07) is 16.7. The van der Waals surface area contributed by atoms with Crippen LogP contribution in [0.4, 0.5) is 11.4 Å². The maximum absolute atomic E-state index is 11.9. The fraction of sp³-hybridized carbons (Fsp3) is 0. The van der Waals surface area contributed by atoms with Gasteiger partial charge in [-0.2, -0.15) is 5.26 Å². The summed E-state index contributed by atoms with van der Waals surface area (Å²) in [6.45, 7) is 0. The molecule has 2 aromatic carbocycles. The molecule has 0 saturated carbocycles. The van der Waals surface area contributed by atoms with Gasteiger partial charge in [0.05, 0.1) is 5.39 Å². The number of hydrogen-bond donors (Lipinski definition) is 1. The van der Waals surface area contributed by atoms with Gasteiger partial charge in [0.15, 0.2) is 0 Å². The Bertz CT molecular complexity index is 861. The predicted molar refractivity (Wildman–Crippen MR) is 76.9 cm³/mol. The molecule has 0 atom stereocenters. The third-order valence-corrected chi connectivity index (χ3v) is 2.96. The first-order valence-electron chi connectivity index (χ1n) is 6.05. The average Bonchev–Trinajstić information content (AvgIpc) is 2.49. The molecule has 0 unspecified atom stereocenters. The molecule has 1 N–H and O–H groups in total. The molecule has 96 valence electrons. The summed E-state index contributed by atoms with van der Waals surface area (Å²) in [6.07, 6.45) is 1.19. The highest BCUT2D eigenvalue weighted by Gasteiger charge is 2.07. The van der Waals surface area contributed by atoms with Crippen LogP contribution in [0.25, 0.3) is 11.0 Å². The molecule has 0 aliphatic rings. The van der Waals surface area contributed by atoms with Crippen LogP contribution in [0.5, 0.6) is 0 Å². The highest BCUT2D eigenvalue weighted by atomic mass is 16.3. The number of nitrogens with one attached hydrogen (secondary N) is 1. The number of hydrogen-bond acceptors (Lipinski definition) is 4. The van der Waals surface area contributed by atoms with Crippen LogP contribution in [0.2, 0.25) is 0 Å². The van der Waals surface area contributed by atoms with E-state index in [0.717, 1.165) is 11.4 Å². The lowest BCUT2D eigenvalue weighted by Gasteiger charge is -2.06. The van der Waals surface area contributed by atoms with Gasteiger partial charge in [0, 0.05) is 17.4 Å². The maximum atomic E-state index is 11.9. The van der Waals surface area contributed by atoms with E-state index in [4.69, 9.17) is 9.68 Å². The summed E-state index contributed by atoms with van der Waals surface area (Å²) in [4.78, 5) is 11.9. The molecule has 0 aliphatic carbocycles. The van der Waals surface area contributed by atoms with Gasteiger partial charge in [-0.3, -0.25) is 4.79 Å². The zero-order valence-electron chi connectivity index (χ0n) is 10.5. The van der Waals surface area contributed by atoms with Crippen molar-refractivity contribution in [3.63, 3.8) is 0 Å². The zero-order chi connectivity index (χ0) is 13.9. The van der Waals surface area contributed by atoms with Crippen LogP contribution in [-0.2, 0) is 0 Å². The normalized spacial score (nSPS) is 10.2. The first-order valence-corrected chi connectivity index (χ1v) is 6.05. The van der Waals surface area contributed by atoms with E-state index in [2.05, 4.69) is 5.32 Å². The molecular weight excluding hydrogens is 252 g/mol. The Labute approximate surface area is 114 Å². The smallest absolute Gasteiger partial charge is 0.210 e. The minimum atomic E-state index is -0.306. The molecule has 0 spiro atoms. The fourth-order valence-electron chi connectivity index (χ4n) is 1.97. The van der Waals surface area contributed by atoms with Crippen LogP contribution >= 0.6 is 0 Å². The third-order valence-electron chi connectivity index (χ3n) is 2.96. The molecule has 0 amide bonds. The number of para-hydroxylation sites is 1. The number of rotatable bonds is 2. The Morgan fingerprint density at radius 2 is 1.85 bits per heavy atom. The minimum absolute atomic E-state index is 0.0151. The van der Waals surface area contributed by atoms with Crippen LogP contribution in [-0.4, -0.2) is 0 Å². The summed E-state index contributed by atoms with van der Waals surface area (Å²) in [5.41, 5.74) is 1.93. The molecule has 20 heavy (non-hydrogen) atoms. The van der Waals surface area contributed by atoms with Gasteiger partial charge in [0.2, 0.25) is 5.43 Å². The van der Waals surface area contributed by atoms with E-state index in [1.165, 1.54) is 6.26 Å². The molecule has 0 bridgehead atoms. The third kappa shape index (κ3) is 2.13. The Morgan fingerprint density at radius 3 is 2.60 bits per heavy atom. The van der Waals surface area contributed by atoms with E-state index < -0.39 is 0 Å². The van der Waals surface area contributed by atoms with Crippen LogP contribution < -0.4 is 10.7 Å². The second-order valence-electron chi connectivity index (χ2n) is 4.29. The minimum Gasteiger partial charge on any atom is -0.463 e. The SMILES string of the molecule is N#Cc1coc2cc(Nc3ccccc3)ccc2c1=O. The van der Waals surface area contributed by atoms with Crippen molar-refractivity contribution in [1.82, 2.24) is 0 Å². The summed E-state index contributed by atoms with van der Waals surface area (Å²) in [5, 5.41) is 12.4. The van der Waals surface area contributed by atoms with Crippen LogP contribution in [0.15, 0.2) is 64.0 Å². The summed E-state index contributed by atoms with van der Waals surface area (Å²) in [5.74, 6) is 0. The van der Waals surface area contributed by atoms with Gasteiger partial charge in [-0.1, -0.05) is 18.2 Å². The molecule has 0 fully saturated rings. The van der Waals surface area contributed by atoms with Crippen molar-refractivity contribution >= 4 is 22.3 Å². The Morgan fingerprint density at radius 1 is 1.05 bits per heavy atom. The van der Waals surface area contributed by atoms with E-state index in [1.54, 1.807) is 18.2 Å². The topological polar surface area (TPSA) is 66.0 Å². The van der Waals surface area contributed by atoms with Crippen molar-refractivity contribution in [3.8, 4) is 6.07 Å². The standard InChI is InChI=1S/C16H10N2O2/c17-9-11-10-20-15-8-13(6-7-14(15)16(11)19)18-12-4-2-1-3-5-12/h1-8,10,18H. The molecule has 1 heterocycles. The molecule has 0 saturated heterocycles. The first kappa shape index (κ1) is 12.0. The van der Waals surface area contributed by atoms with Crippen molar-refractivity contribution in [2.24, 2.45) is 0 Å². The number of nitrogens with zero attached hydrogens (tertiary/aromatic N) is 1. The van der Waals surface area contributed by atoms with Crippen LogP contribution in [0.1, 0.15) is 5.56 Å². The van der Waals surface area contributed by atoms with E-state index in [0.29, 0.717) is 11.0 Å². The largest absolute Gasteiger partial charge is 0.463 e. The van der Waals surface area contributed by atoms with Crippen molar-refractivity contribution in [1.29, 1.82) is 5.26 Å². The second-order valence-corrected chi connectivity index (χ2v) is 4.29. The van der Waals surface area contributed by atoms with Gasteiger partial charge < -0.3 is 9.73 Å². The monoisotopic (exact) mass is 262 g/mol. The lowest BCUT2D eigenvalue weighted by molar-refractivity contribution is 0.600. The summed E-state index contributed by atoms with van der Waals surface area (Å²) < 4.78 is 5.33. The van der Waals surface area contributed by atoms with E-state index >= 15 is 0 Å². The highest BCUT2D eigenvalue weighted by molar-refractivity contribution is 5.82. The highest BCUT2D eigenvalue weighted by Crippen LogP contribution is 2.20. The lowest BCUT2D eigenvalue weighted by Crippen LogP contribution is -2.05. The molecule has 4 heteroatoms. The molecule has 0 radical (unpaired) electrons. The fourth-order valence-corrected chi connectivity index (χ4v) is 1.97. The van der Waals surface area contributed by atoms with E-state index in [1.807, 2.05) is 36.4 Å². The van der Waals surface area contributed by atoms with Gasteiger partial charge in [-0.15, -0.1) is 0 Å². The van der Waals surface area contributed by atoms with E-state index in [-0.39, 0.29) is 11.0 Å². The quantitative estimate of drug-likeness (QED) is 0.768. The van der Waals surface area contributed by atoms with Crippen LogP contribution in [0, 0.1) is 11.3 Å². The van der Waals surface area contributed by atoms with Gasteiger partial charge in [-0.25, -0.2) is 0 Å². The van der Waals surface area contributed by atoms with Gasteiger partial charge in [-0.05, 0) is 24.3 Å². The predicted octanol–water partition coefficient (Wildman–Crippen LogP) is 3.41. The molecule has 0 aliphatic heterocycles.